The molecule has 188 valence electrons. The Kier molecular flexibility index (Phi) is 13.6. The summed E-state index contributed by atoms with van der Waals surface area (Å²) in [6.45, 7) is 7.38. The van der Waals surface area contributed by atoms with Crippen LogP contribution in [0.5, 0.6) is 5.75 Å². The summed E-state index contributed by atoms with van der Waals surface area (Å²) in [7, 11) is 0. The Hall–Kier alpha value is -2.17. The molecule has 1 N–H and O–H groups in total. The van der Waals surface area contributed by atoms with Crippen LogP contribution in [-0.4, -0.2) is 24.3 Å². The van der Waals surface area contributed by atoms with E-state index < -0.39 is 0 Å². The molecule has 1 aliphatic carbocycles. The van der Waals surface area contributed by atoms with Gasteiger partial charge in [-0.2, -0.15) is 0 Å². The summed E-state index contributed by atoms with van der Waals surface area (Å²) in [5.74, 6) is 1.93. The highest BCUT2D eigenvalue weighted by Crippen LogP contribution is 2.40. The number of rotatable bonds is 15. The Morgan fingerprint density at radius 1 is 0.824 bits per heavy atom. The monoisotopic (exact) mass is 468 g/mol. The van der Waals surface area contributed by atoms with Crippen molar-refractivity contribution in [3.8, 4) is 16.9 Å². The van der Waals surface area contributed by atoms with Crippen molar-refractivity contribution in [1.82, 2.24) is 0 Å². The lowest BCUT2D eigenvalue weighted by atomic mass is 9.68. The number of benzene rings is 2. The Balaban J connectivity index is 0.00000199. The van der Waals surface area contributed by atoms with E-state index in [0.29, 0.717) is 18.3 Å². The van der Waals surface area contributed by atoms with Gasteiger partial charge in [-0.3, -0.25) is 10.1 Å². The van der Waals surface area contributed by atoms with Crippen LogP contribution in [0, 0.1) is 11.8 Å². The summed E-state index contributed by atoms with van der Waals surface area (Å²) in [6.07, 6.45) is 11.1. The Labute approximate surface area is 206 Å². The van der Waals surface area contributed by atoms with Gasteiger partial charge in [-0.15, -0.1) is 0 Å². The summed E-state index contributed by atoms with van der Waals surface area (Å²) in [6, 6.07) is 16.3. The molecule has 0 spiro atoms. The molecular weight excluding hydrogens is 424 g/mol. The largest absolute Gasteiger partial charge is 0.494 e. The number of hydrogen-bond acceptors (Lipinski definition) is 4. The number of unbranched alkanes of at least 4 members (excludes halogenated alkanes) is 5. The summed E-state index contributed by atoms with van der Waals surface area (Å²) in [4.78, 5) is 17.1. The van der Waals surface area contributed by atoms with Crippen LogP contribution >= 0.6 is 0 Å². The zero-order valence-corrected chi connectivity index (χ0v) is 21.4. The molecule has 0 amide bonds. The first-order chi connectivity index (χ1) is 16.7. The minimum Gasteiger partial charge on any atom is -0.494 e. The average molecular weight is 469 g/mol. The van der Waals surface area contributed by atoms with Gasteiger partial charge in [-0.1, -0.05) is 89.3 Å². The predicted molar refractivity (Wildman–Crippen MR) is 140 cm³/mol. The van der Waals surface area contributed by atoms with Gasteiger partial charge < -0.3 is 4.74 Å². The van der Waals surface area contributed by atoms with E-state index in [9.17, 15) is 4.79 Å². The van der Waals surface area contributed by atoms with Crippen LogP contribution in [0.1, 0.15) is 95.3 Å². The van der Waals surface area contributed by atoms with Gasteiger partial charge in [0.15, 0.2) is 5.78 Å². The maximum absolute atomic E-state index is 13.0. The lowest BCUT2D eigenvalue weighted by Crippen LogP contribution is -2.33. The van der Waals surface area contributed by atoms with E-state index in [2.05, 4.69) is 36.1 Å². The van der Waals surface area contributed by atoms with Crippen molar-refractivity contribution >= 4 is 5.78 Å². The van der Waals surface area contributed by atoms with Crippen LogP contribution < -0.4 is 4.74 Å². The van der Waals surface area contributed by atoms with E-state index in [1.54, 1.807) is 0 Å². The molecule has 4 nitrogen and oxygen atoms in total. The fourth-order valence-electron chi connectivity index (χ4n) is 4.51. The summed E-state index contributed by atoms with van der Waals surface area (Å²) in [5.41, 5.74) is 3.09. The zero-order chi connectivity index (χ0) is 24.6. The summed E-state index contributed by atoms with van der Waals surface area (Å²) >= 11 is 0. The van der Waals surface area contributed by atoms with Crippen molar-refractivity contribution < 1.29 is 19.7 Å². The SMILES string of the molecule is CC.CCCCCOc1ccc(-c2ccc(C(=O)[C@@H]3CCC3CCCCCCOO)cc2)cc1. The molecule has 0 aromatic heterocycles. The molecule has 0 bridgehead atoms. The maximum atomic E-state index is 13.0. The van der Waals surface area contributed by atoms with Gasteiger partial charge in [0.25, 0.3) is 0 Å². The smallest absolute Gasteiger partial charge is 0.166 e. The lowest BCUT2D eigenvalue weighted by Gasteiger charge is -2.35. The van der Waals surface area contributed by atoms with Gasteiger partial charge in [0.1, 0.15) is 5.75 Å². The van der Waals surface area contributed by atoms with E-state index in [1.807, 2.05) is 38.1 Å². The number of ketones is 1. The fourth-order valence-corrected chi connectivity index (χ4v) is 4.51. The minimum atomic E-state index is 0.186. The zero-order valence-electron chi connectivity index (χ0n) is 21.4. The highest BCUT2D eigenvalue weighted by Gasteiger charge is 2.36. The fraction of sp³-hybridized carbons (Fsp3) is 0.567. The van der Waals surface area contributed by atoms with Crippen LogP contribution in [0.3, 0.4) is 0 Å². The first-order valence-corrected chi connectivity index (χ1v) is 13.4. The second-order valence-corrected chi connectivity index (χ2v) is 9.00. The first-order valence-electron chi connectivity index (χ1n) is 13.4. The second kappa shape index (κ2) is 16.5. The molecule has 2 atom stereocenters. The van der Waals surface area contributed by atoms with E-state index in [4.69, 9.17) is 9.99 Å². The standard InChI is InChI=1S/C28H38O4.C2H6/c1-2-3-7-20-31-26-17-14-23(15-18-26)22-10-12-25(13-11-22)28(29)27-19-16-24(27)9-6-4-5-8-21-32-30;1-2/h10-15,17-18,24,27,30H,2-9,16,19-21H2,1H3;1-2H3/t24?,27-;/m1./s1. The molecule has 0 heterocycles. The third kappa shape index (κ3) is 8.88. The first kappa shape index (κ1) is 28.1. The van der Waals surface area contributed by atoms with Crippen LogP contribution in [0.25, 0.3) is 11.1 Å². The van der Waals surface area contributed by atoms with Crippen molar-refractivity contribution in [2.45, 2.75) is 85.0 Å². The van der Waals surface area contributed by atoms with Crippen LogP contribution in [-0.2, 0) is 4.89 Å². The number of hydrogen-bond donors (Lipinski definition) is 1. The van der Waals surface area contributed by atoms with Gasteiger partial charge in [-0.25, -0.2) is 4.89 Å². The Bertz CT molecular complexity index is 798. The molecule has 1 unspecified atom stereocenters. The van der Waals surface area contributed by atoms with Gasteiger partial charge >= 0.3 is 0 Å². The normalized spacial score (nSPS) is 16.8. The molecule has 2 aromatic rings. The third-order valence-electron chi connectivity index (χ3n) is 6.69. The molecule has 2 aromatic carbocycles. The van der Waals surface area contributed by atoms with Crippen LogP contribution in [0.4, 0.5) is 0 Å². The van der Waals surface area contributed by atoms with Crippen LogP contribution in [0.2, 0.25) is 0 Å². The highest BCUT2D eigenvalue weighted by atomic mass is 17.1. The molecular formula is C30H44O4. The third-order valence-corrected chi connectivity index (χ3v) is 6.69. The number of carbonyl (C=O) groups excluding carboxylic acids is 1. The quantitative estimate of drug-likeness (QED) is 0.123. The van der Waals surface area contributed by atoms with Crippen molar-refractivity contribution in [2.75, 3.05) is 13.2 Å². The van der Waals surface area contributed by atoms with E-state index in [0.717, 1.165) is 74.0 Å². The average Bonchev–Trinajstić information content (AvgIpc) is 2.87. The molecule has 34 heavy (non-hydrogen) atoms. The van der Waals surface area contributed by atoms with Crippen molar-refractivity contribution in [3.05, 3.63) is 54.1 Å². The number of carbonyl (C=O) groups is 1. The molecule has 1 aliphatic rings. The predicted octanol–water partition coefficient (Wildman–Crippen LogP) is 8.60. The van der Waals surface area contributed by atoms with E-state index in [1.165, 1.54) is 19.3 Å². The lowest BCUT2D eigenvalue weighted by molar-refractivity contribution is -0.242. The summed E-state index contributed by atoms with van der Waals surface area (Å²) < 4.78 is 5.80. The molecule has 1 saturated carbocycles. The van der Waals surface area contributed by atoms with Crippen molar-refractivity contribution in [2.24, 2.45) is 11.8 Å². The summed E-state index contributed by atoms with van der Waals surface area (Å²) in [5, 5.41) is 8.36. The number of ether oxygens (including phenoxy) is 1. The van der Waals surface area contributed by atoms with E-state index in [-0.39, 0.29) is 5.92 Å². The molecule has 3 rings (SSSR count). The second-order valence-electron chi connectivity index (χ2n) is 9.00. The molecule has 1 fully saturated rings. The Morgan fingerprint density at radius 3 is 2.03 bits per heavy atom. The Morgan fingerprint density at radius 2 is 1.44 bits per heavy atom. The molecule has 4 heteroatoms. The molecule has 0 saturated heterocycles. The maximum Gasteiger partial charge on any atom is 0.166 e. The van der Waals surface area contributed by atoms with Crippen LogP contribution in [0.15, 0.2) is 48.5 Å². The van der Waals surface area contributed by atoms with Gasteiger partial charge in [0, 0.05) is 11.5 Å². The number of Topliss-reactive ketones (excluding diaryl/α,β-unsaturated/α-hetero) is 1. The highest BCUT2D eigenvalue weighted by molar-refractivity contribution is 5.98. The van der Waals surface area contributed by atoms with Crippen molar-refractivity contribution in [3.63, 3.8) is 0 Å². The van der Waals surface area contributed by atoms with E-state index >= 15 is 0 Å². The van der Waals surface area contributed by atoms with Crippen molar-refractivity contribution in [1.29, 1.82) is 0 Å². The molecule has 0 aliphatic heterocycles. The van der Waals surface area contributed by atoms with Gasteiger partial charge in [0.2, 0.25) is 0 Å². The topological polar surface area (TPSA) is 55.8 Å². The minimum absolute atomic E-state index is 0.186. The van der Waals surface area contributed by atoms with Gasteiger partial charge in [0.05, 0.1) is 13.2 Å². The molecule has 0 radical (unpaired) electrons. The van der Waals surface area contributed by atoms with Gasteiger partial charge in [-0.05, 0) is 61.3 Å².